The lowest BCUT2D eigenvalue weighted by Gasteiger charge is -2.23. The van der Waals surface area contributed by atoms with E-state index in [2.05, 4.69) is 0 Å². The van der Waals surface area contributed by atoms with E-state index in [0.29, 0.717) is 6.54 Å². The number of carboxylic acids is 1. The summed E-state index contributed by atoms with van der Waals surface area (Å²) in [4.78, 5) is 24.3. The molecule has 0 saturated heterocycles. The predicted octanol–water partition coefficient (Wildman–Crippen LogP) is 2.29. The Morgan fingerprint density at radius 3 is 2.26 bits per heavy atom. The molecule has 0 aromatic heterocycles. The van der Waals surface area contributed by atoms with Gasteiger partial charge in [-0.1, -0.05) is 12.1 Å². The second-order valence-electron chi connectivity index (χ2n) is 5.24. The molecule has 104 valence electrons. The number of hydrogen-bond donors (Lipinski definition) is 1. The van der Waals surface area contributed by atoms with Gasteiger partial charge in [0.05, 0.1) is 5.41 Å². The fourth-order valence-electron chi connectivity index (χ4n) is 1.54. The molecule has 1 aromatic carbocycles. The summed E-state index contributed by atoms with van der Waals surface area (Å²) >= 11 is 0. The van der Waals surface area contributed by atoms with Gasteiger partial charge in [-0.05, 0) is 31.5 Å². The van der Waals surface area contributed by atoms with Crippen molar-refractivity contribution in [2.45, 2.75) is 26.8 Å². The Balaban J connectivity index is 2.63. The summed E-state index contributed by atoms with van der Waals surface area (Å²) < 4.78 is 12.7. The van der Waals surface area contributed by atoms with Crippen LogP contribution in [0.5, 0.6) is 0 Å². The second-order valence-corrected chi connectivity index (χ2v) is 5.24. The number of rotatable bonds is 5. The third-order valence-electron chi connectivity index (χ3n) is 2.93. The molecule has 0 heterocycles. The van der Waals surface area contributed by atoms with Crippen LogP contribution in [0, 0.1) is 11.2 Å². The average Bonchev–Trinajstić information content (AvgIpc) is 2.31. The molecule has 0 fully saturated rings. The fraction of sp³-hybridized carbons (Fsp3) is 0.429. The standard InChI is InChI=1S/C14H18FNO3/c1-14(2,13(18)19)8-12(17)16(3)9-10-4-6-11(15)7-5-10/h4-7H,8-9H2,1-3H3,(H,18,19). The van der Waals surface area contributed by atoms with Crippen LogP contribution >= 0.6 is 0 Å². The van der Waals surface area contributed by atoms with Crippen LogP contribution in [0.4, 0.5) is 4.39 Å². The van der Waals surface area contributed by atoms with Crippen LogP contribution in [0.2, 0.25) is 0 Å². The molecule has 0 bridgehead atoms. The van der Waals surface area contributed by atoms with Crippen molar-refractivity contribution < 1.29 is 19.1 Å². The first kappa shape index (κ1) is 15.1. The van der Waals surface area contributed by atoms with Crippen molar-refractivity contribution in [3.05, 3.63) is 35.6 Å². The van der Waals surface area contributed by atoms with Crippen LogP contribution in [0.25, 0.3) is 0 Å². The van der Waals surface area contributed by atoms with E-state index in [4.69, 9.17) is 5.11 Å². The van der Waals surface area contributed by atoms with E-state index in [1.54, 1.807) is 19.2 Å². The summed E-state index contributed by atoms with van der Waals surface area (Å²) in [7, 11) is 1.60. The maximum atomic E-state index is 12.7. The Kier molecular flexibility index (Phi) is 4.64. The van der Waals surface area contributed by atoms with E-state index >= 15 is 0 Å². The SMILES string of the molecule is CN(Cc1ccc(F)cc1)C(=O)CC(C)(C)C(=O)O. The van der Waals surface area contributed by atoms with Gasteiger partial charge in [0, 0.05) is 20.0 Å². The Morgan fingerprint density at radius 1 is 1.26 bits per heavy atom. The first-order valence-electron chi connectivity index (χ1n) is 5.94. The number of benzene rings is 1. The molecule has 0 saturated carbocycles. The van der Waals surface area contributed by atoms with E-state index in [9.17, 15) is 14.0 Å². The zero-order valence-corrected chi connectivity index (χ0v) is 11.3. The number of carboxylic acid groups (broad SMARTS) is 1. The summed E-state index contributed by atoms with van der Waals surface area (Å²) in [5.74, 6) is -1.59. The number of amides is 1. The van der Waals surface area contributed by atoms with Gasteiger partial charge >= 0.3 is 5.97 Å². The molecule has 1 rings (SSSR count). The highest BCUT2D eigenvalue weighted by Gasteiger charge is 2.31. The minimum atomic E-state index is -1.09. The van der Waals surface area contributed by atoms with Gasteiger partial charge in [0.25, 0.3) is 0 Å². The van der Waals surface area contributed by atoms with Crippen LogP contribution in [0.3, 0.4) is 0 Å². The van der Waals surface area contributed by atoms with Crippen LogP contribution in [-0.4, -0.2) is 28.9 Å². The van der Waals surface area contributed by atoms with Crippen LogP contribution < -0.4 is 0 Å². The summed E-state index contributed by atoms with van der Waals surface area (Å²) in [6, 6.07) is 5.85. The molecule has 0 radical (unpaired) electrons. The largest absolute Gasteiger partial charge is 0.481 e. The molecule has 4 nitrogen and oxygen atoms in total. The van der Waals surface area contributed by atoms with E-state index in [0.717, 1.165) is 5.56 Å². The van der Waals surface area contributed by atoms with Crippen molar-refractivity contribution in [3.8, 4) is 0 Å². The van der Waals surface area contributed by atoms with E-state index < -0.39 is 11.4 Å². The molecule has 5 heteroatoms. The molecule has 1 N–H and O–H groups in total. The molecule has 0 aliphatic rings. The van der Waals surface area contributed by atoms with Gasteiger partial charge in [-0.25, -0.2) is 4.39 Å². The molecule has 0 aliphatic carbocycles. The summed E-state index contributed by atoms with van der Waals surface area (Å²) in [6.45, 7) is 3.35. The van der Waals surface area contributed by atoms with Crippen molar-refractivity contribution in [3.63, 3.8) is 0 Å². The number of halogens is 1. The monoisotopic (exact) mass is 267 g/mol. The maximum Gasteiger partial charge on any atom is 0.309 e. The van der Waals surface area contributed by atoms with Gasteiger partial charge in [-0.2, -0.15) is 0 Å². The topological polar surface area (TPSA) is 57.6 Å². The number of nitrogens with zero attached hydrogens (tertiary/aromatic N) is 1. The van der Waals surface area contributed by atoms with Gasteiger partial charge in [0.1, 0.15) is 5.82 Å². The Labute approximate surface area is 111 Å². The average molecular weight is 267 g/mol. The highest BCUT2D eigenvalue weighted by Crippen LogP contribution is 2.21. The first-order valence-corrected chi connectivity index (χ1v) is 5.94. The van der Waals surface area contributed by atoms with Crippen molar-refractivity contribution >= 4 is 11.9 Å². The summed E-state index contributed by atoms with van der Waals surface area (Å²) in [5, 5.41) is 8.98. The lowest BCUT2D eigenvalue weighted by molar-refractivity contribution is -0.151. The third kappa shape index (κ3) is 4.35. The maximum absolute atomic E-state index is 12.7. The minimum absolute atomic E-state index is 0.0694. The van der Waals surface area contributed by atoms with Crippen molar-refractivity contribution in [1.29, 1.82) is 0 Å². The molecule has 0 atom stereocenters. The van der Waals surface area contributed by atoms with Gasteiger partial charge in [-0.15, -0.1) is 0 Å². The van der Waals surface area contributed by atoms with E-state index in [1.165, 1.54) is 30.9 Å². The molecule has 1 amide bonds. The van der Waals surface area contributed by atoms with Crippen LogP contribution in [-0.2, 0) is 16.1 Å². The fourth-order valence-corrected chi connectivity index (χ4v) is 1.54. The molecule has 0 aliphatic heterocycles. The normalized spacial score (nSPS) is 11.2. The quantitative estimate of drug-likeness (QED) is 0.890. The zero-order chi connectivity index (χ0) is 14.6. The predicted molar refractivity (Wildman–Crippen MR) is 68.9 cm³/mol. The molecule has 0 spiro atoms. The zero-order valence-electron chi connectivity index (χ0n) is 11.3. The lowest BCUT2D eigenvalue weighted by Crippen LogP contribution is -2.34. The van der Waals surface area contributed by atoms with Crippen LogP contribution in [0.15, 0.2) is 24.3 Å². The van der Waals surface area contributed by atoms with Crippen LogP contribution in [0.1, 0.15) is 25.8 Å². The van der Waals surface area contributed by atoms with E-state index in [1.807, 2.05) is 0 Å². The van der Waals surface area contributed by atoms with Gasteiger partial charge in [0.2, 0.25) is 5.91 Å². The van der Waals surface area contributed by atoms with Gasteiger partial charge in [-0.3, -0.25) is 9.59 Å². The number of carbonyl (C=O) groups is 2. The third-order valence-corrected chi connectivity index (χ3v) is 2.93. The molecule has 19 heavy (non-hydrogen) atoms. The minimum Gasteiger partial charge on any atom is -0.481 e. The lowest BCUT2D eigenvalue weighted by atomic mass is 9.89. The summed E-state index contributed by atoms with van der Waals surface area (Å²) in [6.07, 6.45) is -0.0694. The van der Waals surface area contributed by atoms with Crippen molar-refractivity contribution in [1.82, 2.24) is 4.90 Å². The Morgan fingerprint density at radius 2 is 1.79 bits per heavy atom. The Bertz CT molecular complexity index is 468. The van der Waals surface area contributed by atoms with Crippen molar-refractivity contribution in [2.75, 3.05) is 7.05 Å². The first-order chi connectivity index (χ1) is 8.72. The Hall–Kier alpha value is -1.91. The van der Waals surface area contributed by atoms with Crippen molar-refractivity contribution in [2.24, 2.45) is 5.41 Å². The number of aliphatic carboxylic acids is 1. The highest BCUT2D eigenvalue weighted by atomic mass is 19.1. The molecular weight excluding hydrogens is 249 g/mol. The van der Waals surface area contributed by atoms with E-state index in [-0.39, 0.29) is 18.1 Å². The van der Waals surface area contributed by atoms with Gasteiger partial charge < -0.3 is 10.0 Å². The molecule has 1 aromatic rings. The number of hydrogen-bond acceptors (Lipinski definition) is 2. The number of carbonyl (C=O) groups excluding carboxylic acids is 1. The second kappa shape index (κ2) is 5.82. The smallest absolute Gasteiger partial charge is 0.309 e. The van der Waals surface area contributed by atoms with Gasteiger partial charge in [0.15, 0.2) is 0 Å². The molecule has 0 unspecified atom stereocenters. The highest BCUT2D eigenvalue weighted by molar-refractivity contribution is 5.84. The summed E-state index contributed by atoms with van der Waals surface area (Å²) in [5.41, 5.74) is -0.292. The molecular formula is C14H18FNO3.